The lowest BCUT2D eigenvalue weighted by molar-refractivity contribution is -0.142. The van der Waals surface area contributed by atoms with Crippen molar-refractivity contribution in [2.75, 3.05) is 11.5 Å². The van der Waals surface area contributed by atoms with Gasteiger partial charge in [0.25, 0.3) is 0 Å². The van der Waals surface area contributed by atoms with Gasteiger partial charge in [-0.25, -0.2) is 13.2 Å². The van der Waals surface area contributed by atoms with Gasteiger partial charge in [0.15, 0.2) is 9.84 Å². The van der Waals surface area contributed by atoms with Crippen LogP contribution in [0, 0.1) is 5.92 Å². The molecule has 118 valence electrons. The van der Waals surface area contributed by atoms with Crippen molar-refractivity contribution >= 4 is 21.7 Å². The minimum atomic E-state index is -3.26. The molecule has 0 fully saturated rings. The number of amides is 1. The van der Waals surface area contributed by atoms with Gasteiger partial charge in [-0.3, -0.25) is 4.79 Å². The third-order valence-corrected chi connectivity index (χ3v) is 4.71. The molecule has 0 aromatic rings. The Labute approximate surface area is 120 Å². The second kappa shape index (κ2) is 8.94. The first-order chi connectivity index (χ1) is 9.18. The minimum Gasteiger partial charge on any atom is -0.480 e. The molecule has 0 aromatic carbocycles. The number of aliphatic carboxylic acids is 1. The van der Waals surface area contributed by atoms with Crippen LogP contribution in [0.25, 0.3) is 0 Å². The van der Waals surface area contributed by atoms with Gasteiger partial charge in [-0.1, -0.05) is 33.6 Å². The van der Waals surface area contributed by atoms with Crippen LogP contribution in [0.3, 0.4) is 0 Å². The number of nitrogens with one attached hydrogen (secondary N) is 1. The van der Waals surface area contributed by atoms with Crippen molar-refractivity contribution in [2.24, 2.45) is 5.92 Å². The largest absolute Gasteiger partial charge is 0.480 e. The first-order valence-corrected chi connectivity index (χ1v) is 8.72. The fraction of sp³-hybridized carbons (Fsp3) is 0.846. The molecule has 0 aliphatic rings. The molecule has 2 N–H and O–H groups in total. The van der Waals surface area contributed by atoms with Crippen LogP contribution in [0.4, 0.5) is 0 Å². The Kier molecular flexibility index (Phi) is 8.45. The number of rotatable bonds is 10. The molecule has 1 amide bonds. The summed E-state index contributed by atoms with van der Waals surface area (Å²) in [7, 11) is -3.26. The maximum atomic E-state index is 11.6. The van der Waals surface area contributed by atoms with Crippen LogP contribution in [0.5, 0.6) is 0 Å². The molecule has 0 heterocycles. The van der Waals surface area contributed by atoms with Crippen LogP contribution in [-0.2, 0) is 19.4 Å². The topological polar surface area (TPSA) is 101 Å². The Balaban J connectivity index is 4.30. The molecular formula is C13H25NO5S. The molecule has 0 aliphatic heterocycles. The van der Waals surface area contributed by atoms with E-state index in [1.54, 1.807) is 13.8 Å². The standard InChI is InChI=1S/C13H25NO5S/c1-4-5-6-11(13(16)17)14-12(15)7-8-20(18,19)9-10(2)3/h10-11H,4-9H2,1-3H3,(H,14,15)(H,16,17)/t11-/m0/s1. The Morgan fingerprint density at radius 1 is 1.25 bits per heavy atom. The highest BCUT2D eigenvalue weighted by Gasteiger charge is 2.21. The third kappa shape index (κ3) is 8.90. The summed E-state index contributed by atoms with van der Waals surface area (Å²) in [6.45, 7) is 5.52. The summed E-state index contributed by atoms with van der Waals surface area (Å²) >= 11 is 0. The number of hydrogen-bond donors (Lipinski definition) is 2. The summed E-state index contributed by atoms with van der Waals surface area (Å²) in [4.78, 5) is 22.6. The van der Waals surface area contributed by atoms with Crippen molar-refractivity contribution in [3.05, 3.63) is 0 Å². The number of carbonyl (C=O) groups is 2. The first-order valence-electron chi connectivity index (χ1n) is 6.90. The molecule has 1 atom stereocenters. The number of carboxylic acid groups (broad SMARTS) is 1. The van der Waals surface area contributed by atoms with Gasteiger partial charge >= 0.3 is 5.97 Å². The summed E-state index contributed by atoms with van der Waals surface area (Å²) in [5, 5.41) is 11.3. The smallest absolute Gasteiger partial charge is 0.326 e. The normalized spacial score (nSPS) is 13.2. The highest BCUT2D eigenvalue weighted by molar-refractivity contribution is 7.91. The van der Waals surface area contributed by atoms with Gasteiger partial charge in [0.1, 0.15) is 6.04 Å². The molecular weight excluding hydrogens is 282 g/mol. The lowest BCUT2D eigenvalue weighted by Crippen LogP contribution is -2.41. The summed E-state index contributed by atoms with van der Waals surface area (Å²) in [6.07, 6.45) is 1.70. The number of carbonyl (C=O) groups excluding carboxylic acids is 1. The van der Waals surface area contributed by atoms with E-state index < -0.39 is 27.8 Å². The molecule has 20 heavy (non-hydrogen) atoms. The fourth-order valence-electron chi connectivity index (χ4n) is 1.77. The molecule has 0 aliphatic carbocycles. The van der Waals surface area contributed by atoms with Gasteiger partial charge < -0.3 is 10.4 Å². The van der Waals surface area contributed by atoms with Gasteiger partial charge in [0.2, 0.25) is 5.91 Å². The van der Waals surface area contributed by atoms with Gasteiger partial charge in [0.05, 0.1) is 11.5 Å². The highest BCUT2D eigenvalue weighted by Crippen LogP contribution is 2.04. The van der Waals surface area contributed by atoms with Crippen molar-refractivity contribution in [3.8, 4) is 0 Å². The van der Waals surface area contributed by atoms with Crippen LogP contribution in [0.2, 0.25) is 0 Å². The predicted octanol–water partition coefficient (Wildman–Crippen LogP) is 1.21. The molecule has 0 spiro atoms. The van der Waals surface area contributed by atoms with Crippen molar-refractivity contribution in [1.29, 1.82) is 0 Å². The lowest BCUT2D eigenvalue weighted by atomic mass is 10.1. The van der Waals surface area contributed by atoms with E-state index in [1.165, 1.54) is 0 Å². The lowest BCUT2D eigenvalue weighted by Gasteiger charge is -2.14. The van der Waals surface area contributed by atoms with Gasteiger partial charge in [0, 0.05) is 6.42 Å². The van der Waals surface area contributed by atoms with E-state index in [1.807, 2.05) is 6.92 Å². The number of carboxylic acids is 1. The summed E-state index contributed by atoms with van der Waals surface area (Å²) < 4.78 is 23.3. The molecule has 6 nitrogen and oxygen atoms in total. The highest BCUT2D eigenvalue weighted by atomic mass is 32.2. The van der Waals surface area contributed by atoms with Crippen LogP contribution >= 0.6 is 0 Å². The fourth-order valence-corrected chi connectivity index (χ4v) is 3.45. The maximum Gasteiger partial charge on any atom is 0.326 e. The molecule has 7 heteroatoms. The van der Waals surface area contributed by atoms with Crippen LogP contribution in [-0.4, -0.2) is 42.9 Å². The average Bonchev–Trinajstić information content (AvgIpc) is 2.30. The molecule has 0 radical (unpaired) electrons. The van der Waals surface area contributed by atoms with Crippen LogP contribution in [0.1, 0.15) is 46.5 Å². The Morgan fingerprint density at radius 2 is 1.85 bits per heavy atom. The zero-order chi connectivity index (χ0) is 15.8. The molecule has 0 bridgehead atoms. The maximum absolute atomic E-state index is 11.6. The van der Waals surface area contributed by atoms with Crippen molar-refractivity contribution in [2.45, 2.75) is 52.5 Å². The Hall–Kier alpha value is -1.11. The SMILES string of the molecule is CCCC[C@H](NC(=O)CCS(=O)(=O)CC(C)C)C(=O)O. The number of unbranched alkanes of at least 4 members (excludes halogenated alkanes) is 1. The average molecular weight is 307 g/mol. The van der Waals surface area contributed by atoms with E-state index in [0.29, 0.717) is 12.8 Å². The van der Waals surface area contributed by atoms with Crippen LogP contribution in [0.15, 0.2) is 0 Å². The Morgan fingerprint density at radius 3 is 2.30 bits per heavy atom. The van der Waals surface area contributed by atoms with Crippen molar-refractivity contribution < 1.29 is 23.1 Å². The summed E-state index contributed by atoms with van der Waals surface area (Å²) in [5.74, 6) is -1.80. The quantitative estimate of drug-likeness (QED) is 0.632. The van der Waals surface area contributed by atoms with Gasteiger partial charge in [-0.05, 0) is 12.3 Å². The second-order valence-corrected chi connectivity index (χ2v) is 7.59. The van der Waals surface area contributed by atoms with Crippen LogP contribution < -0.4 is 5.32 Å². The third-order valence-electron chi connectivity index (χ3n) is 2.71. The van der Waals surface area contributed by atoms with Gasteiger partial charge in [-0.15, -0.1) is 0 Å². The molecule has 0 aromatic heterocycles. The summed E-state index contributed by atoms with van der Waals surface area (Å²) in [6, 6.07) is -0.935. The van der Waals surface area contributed by atoms with E-state index in [2.05, 4.69) is 5.32 Å². The Bertz CT molecular complexity index is 416. The number of hydrogen-bond acceptors (Lipinski definition) is 4. The second-order valence-electron chi connectivity index (χ2n) is 5.36. The molecule has 0 saturated heterocycles. The van der Waals surface area contributed by atoms with Crippen molar-refractivity contribution in [1.82, 2.24) is 5.32 Å². The van der Waals surface area contributed by atoms with E-state index in [4.69, 9.17) is 5.11 Å². The molecule has 0 unspecified atom stereocenters. The molecule has 0 saturated carbocycles. The van der Waals surface area contributed by atoms with E-state index >= 15 is 0 Å². The zero-order valence-corrected chi connectivity index (χ0v) is 13.2. The predicted molar refractivity (Wildman–Crippen MR) is 77.2 cm³/mol. The first kappa shape index (κ1) is 18.9. The van der Waals surface area contributed by atoms with E-state index in [0.717, 1.165) is 6.42 Å². The van der Waals surface area contributed by atoms with Gasteiger partial charge in [-0.2, -0.15) is 0 Å². The minimum absolute atomic E-state index is 0.0133. The van der Waals surface area contributed by atoms with E-state index in [-0.39, 0.29) is 23.8 Å². The van der Waals surface area contributed by atoms with E-state index in [9.17, 15) is 18.0 Å². The molecule has 0 rings (SSSR count). The number of sulfone groups is 1. The monoisotopic (exact) mass is 307 g/mol. The summed E-state index contributed by atoms with van der Waals surface area (Å²) in [5.41, 5.74) is 0. The zero-order valence-electron chi connectivity index (χ0n) is 12.4. The van der Waals surface area contributed by atoms with Crippen molar-refractivity contribution in [3.63, 3.8) is 0 Å².